The summed E-state index contributed by atoms with van der Waals surface area (Å²) in [6.45, 7) is 0. The number of nitro groups is 1. The van der Waals surface area contributed by atoms with Crippen LogP contribution in [0.15, 0.2) is 47.6 Å². The summed E-state index contributed by atoms with van der Waals surface area (Å²) < 4.78 is 0. The lowest BCUT2D eigenvalue weighted by molar-refractivity contribution is -0.384. The lowest BCUT2D eigenvalue weighted by Crippen LogP contribution is -2.19. The minimum Gasteiger partial charge on any atom is -0.398 e. The number of non-ortho nitro benzene ring substituents is 1. The second-order valence-electron chi connectivity index (χ2n) is 4.25. The number of hydrogen-bond donors (Lipinski definition) is 2. The SMILES string of the molecule is Nc1ccccc1C(=O)NN=Cc1cc([N+](=O)[O-])ccc1Cl. The molecule has 0 atom stereocenters. The quantitative estimate of drug-likeness (QED) is 0.390. The van der Waals surface area contributed by atoms with E-state index in [0.717, 1.165) is 0 Å². The molecule has 0 aromatic heterocycles. The van der Waals surface area contributed by atoms with Gasteiger partial charge in [0.1, 0.15) is 0 Å². The number of hydrazone groups is 1. The first kappa shape index (κ1) is 15.5. The van der Waals surface area contributed by atoms with E-state index < -0.39 is 10.8 Å². The molecule has 3 N–H and O–H groups in total. The predicted octanol–water partition coefficient (Wildman–Crippen LogP) is 2.59. The van der Waals surface area contributed by atoms with Gasteiger partial charge in [0, 0.05) is 28.4 Å². The second kappa shape index (κ2) is 6.68. The van der Waals surface area contributed by atoms with Gasteiger partial charge < -0.3 is 5.73 Å². The third-order valence-corrected chi connectivity index (χ3v) is 3.11. The summed E-state index contributed by atoms with van der Waals surface area (Å²) in [5.41, 5.74) is 8.76. The number of rotatable bonds is 4. The number of halogens is 1. The van der Waals surface area contributed by atoms with E-state index in [1.165, 1.54) is 24.4 Å². The van der Waals surface area contributed by atoms with Crippen LogP contribution in [0.4, 0.5) is 11.4 Å². The van der Waals surface area contributed by atoms with E-state index in [9.17, 15) is 14.9 Å². The Morgan fingerprint density at radius 3 is 2.73 bits per heavy atom. The van der Waals surface area contributed by atoms with Gasteiger partial charge in [0.25, 0.3) is 11.6 Å². The summed E-state index contributed by atoms with van der Waals surface area (Å²) in [6, 6.07) is 10.5. The third-order valence-electron chi connectivity index (χ3n) is 2.77. The molecule has 0 radical (unpaired) electrons. The Balaban J connectivity index is 2.13. The number of benzene rings is 2. The maximum atomic E-state index is 11.9. The molecule has 2 aromatic rings. The normalized spacial score (nSPS) is 10.6. The largest absolute Gasteiger partial charge is 0.398 e. The van der Waals surface area contributed by atoms with Crippen molar-refractivity contribution in [3.05, 3.63) is 68.7 Å². The van der Waals surface area contributed by atoms with Crippen LogP contribution in [0.2, 0.25) is 5.02 Å². The average Bonchev–Trinajstić information content (AvgIpc) is 2.49. The number of nitrogens with one attached hydrogen (secondary N) is 1. The van der Waals surface area contributed by atoms with Gasteiger partial charge in [-0.2, -0.15) is 5.10 Å². The summed E-state index contributed by atoms with van der Waals surface area (Å²) >= 11 is 5.91. The van der Waals surface area contributed by atoms with E-state index in [1.807, 2.05) is 0 Å². The lowest BCUT2D eigenvalue weighted by atomic mass is 10.2. The highest BCUT2D eigenvalue weighted by atomic mass is 35.5. The molecule has 0 aliphatic heterocycles. The summed E-state index contributed by atoms with van der Waals surface area (Å²) in [5.74, 6) is -0.490. The number of nitro benzene ring substituents is 1. The minimum absolute atomic E-state index is 0.121. The number of hydrogen-bond acceptors (Lipinski definition) is 5. The van der Waals surface area contributed by atoms with Crippen molar-refractivity contribution in [3.63, 3.8) is 0 Å². The molecule has 0 saturated heterocycles. The molecule has 22 heavy (non-hydrogen) atoms. The van der Waals surface area contributed by atoms with Crippen LogP contribution in [0.5, 0.6) is 0 Å². The Morgan fingerprint density at radius 1 is 1.32 bits per heavy atom. The zero-order valence-electron chi connectivity index (χ0n) is 11.2. The van der Waals surface area contributed by atoms with E-state index in [0.29, 0.717) is 11.3 Å². The zero-order valence-corrected chi connectivity index (χ0v) is 11.9. The highest BCUT2D eigenvalue weighted by Crippen LogP contribution is 2.20. The maximum absolute atomic E-state index is 11.9. The second-order valence-corrected chi connectivity index (χ2v) is 4.66. The van der Waals surface area contributed by atoms with E-state index in [-0.39, 0.29) is 16.3 Å². The lowest BCUT2D eigenvalue weighted by Gasteiger charge is -2.03. The van der Waals surface area contributed by atoms with Crippen LogP contribution in [0, 0.1) is 10.1 Å². The van der Waals surface area contributed by atoms with Crippen LogP contribution in [0.3, 0.4) is 0 Å². The van der Waals surface area contributed by atoms with Gasteiger partial charge in [-0.25, -0.2) is 5.43 Å². The molecule has 112 valence electrons. The number of carbonyl (C=O) groups is 1. The monoisotopic (exact) mass is 318 g/mol. The first-order chi connectivity index (χ1) is 10.5. The fourth-order valence-corrected chi connectivity index (χ4v) is 1.83. The Kier molecular flexibility index (Phi) is 4.70. The molecule has 0 aliphatic rings. The van der Waals surface area contributed by atoms with E-state index in [1.54, 1.807) is 24.3 Å². The Morgan fingerprint density at radius 2 is 2.05 bits per heavy atom. The standard InChI is InChI=1S/C14H11ClN4O3/c15-12-6-5-10(19(21)22)7-9(12)8-17-18-14(20)11-3-1-2-4-13(11)16/h1-8H,16H2,(H,18,20). The third kappa shape index (κ3) is 3.58. The average molecular weight is 319 g/mol. The van der Waals surface area contributed by atoms with Gasteiger partial charge in [-0.1, -0.05) is 23.7 Å². The van der Waals surface area contributed by atoms with Crippen LogP contribution in [0.1, 0.15) is 15.9 Å². The Bertz CT molecular complexity index is 762. The highest BCUT2D eigenvalue weighted by Gasteiger charge is 2.09. The first-order valence-corrected chi connectivity index (χ1v) is 6.48. The number of anilines is 1. The van der Waals surface area contributed by atoms with Crippen molar-refractivity contribution in [2.75, 3.05) is 5.73 Å². The van der Waals surface area contributed by atoms with Crippen LogP contribution < -0.4 is 11.2 Å². The van der Waals surface area contributed by atoms with E-state index in [2.05, 4.69) is 10.5 Å². The van der Waals surface area contributed by atoms with Crippen LogP contribution in [0.25, 0.3) is 0 Å². The summed E-state index contributed by atoms with van der Waals surface area (Å²) in [7, 11) is 0. The van der Waals surface area contributed by atoms with Crippen molar-refractivity contribution in [1.82, 2.24) is 5.43 Å². The van der Waals surface area contributed by atoms with Crippen molar-refractivity contribution in [1.29, 1.82) is 0 Å². The van der Waals surface area contributed by atoms with E-state index in [4.69, 9.17) is 17.3 Å². The molecule has 0 bridgehead atoms. The van der Waals surface area contributed by atoms with Gasteiger partial charge in [-0.05, 0) is 18.2 Å². The summed E-state index contributed by atoms with van der Waals surface area (Å²) in [6.07, 6.45) is 1.23. The molecule has 0 unspecified atom stereocenters. The minimum atomic E-state index is -0.545. The van der Waals surface area contributed by atoms with Crippen molar-refractivity contribution in [3.8, 4) is 0 Å². The van der Waals surface area contributed by atoms with Gasteiger partial charge in [0.05, 0.1) is 16.7 Å². The molecule has 2 aromatic carbocycles. The van der Waals surface area contributed by atoms with Gasteiger partial charge >= 0.3 is 0 Å². The van der Waals surface area contributed by atoms with Crippen molar-refractivity contribution in [2.45, 2.75) is 0 Å². The molecule has 0 fully saturated rings. The first-order valence-electron chi connectivity index (χ1n) is 6.11. The topological polar surface area (TPSA) is 111 Å². The zero-order chi connectivity index (χ0) is 16.1. The van der Waals surface area contributed by atoms with Crippen molar-refractivity contribution in [2.24, 2.45) is 5.10 Å². The molecule has 8 heteroatoms. The Hall–Kier alpha value is -2.93. The summed E-state index contributed by atoms with van der Waals surface area (Å²) in [5, 5.41) is 14.7. The van der Waals surface area contributed by atoms with Crippen LogP contribution in [-0.2, 0) is 0 Å². The molecular weight excluding hydrogens is 308 g/mol. The van der Waals surface area contributed by atoms with Gasteiger partial charge in [0.2, 0.25) is 0 Å². The molecular formula is C14H11ClN4O3. The van der Waals surface area contributed by atoms with Gasteiger partial charge in [0.15, 0.2) is 0 Å². The molecule has 1 amide bonds. The Labute approximate surface area is 130 Å². The fraction of sp³-hybridized carbons (Fsp3) is 0. The molecule has 7 nitrogen and oxygen atoms in total. The fourth-order valence-electron chi connectivity index (χ4n) is 1.67. The molecule has 0 spiro atoms. The van der Waals surface area contributed by atoms with Crippen molar-refractivity contribution >= 4 is 35.1 Å². The highest BCUT2D eigenvalue weighted by molar-refractivity contribution is 6.33. The predicted molar refractivity (Wildman–Crippen MR) is 84.0 cm³/mol. The number of nitrogens with two attached hydrogens (primary N) is 1. The van der Waals surface area contributed by atoms with E-state index >= 15 is 0 Å². The number of carbonyl (C=O) groups excluding carboxylic acids is 1. The van der Waals surface area contributed by atoms with Gasteiger partial charge in [-0.15, -0.1) is 0 Å². The number of amides is 1. The molecule has 2 rings (SSSR count). The molecule has 0 aliphatic carbocycles. The number of nitrogens with zero attached hydrogens (tertiary/aromatic N) is 2. The van der Waals surface area contributed by atoms with Crippen molar-refractivity contribution < 1.29 is 9.72 Å². The van der Waals surface area contributed by atoms with Gasteiger partial charge in [-0.3, -0.25) is 14.9 Å². The smallest absolute Gasteiger partial charge is 0.273 e. The maximum Gasteiger partial charge on any atom is 0.273 e. The number of para-hydroxylation sites is 1. The van der Waals surface area contributed by atoms with Crippen LogP contribution in [-0.4, -0.2) is 17.0 Å². The molecule has 0 heterocycles. The number of nitrogen functional groups attached to an aromatic ring is 1. The molecule has 0 saturated carbocycles. The summed E-state index contributed by atoms with van der Waals surface area (Å²) in [4.78, 5) is 22.0. The van der Waals surface area contributed by atoms with Crippen LogP contribution >= 0.6 is 11.6 Å².